The molecule has 0 atom stereocenters. The molecule has 0 spiro atoms. The van der Waals surface area contributed by atoms with Crippen molar-refractivity contribution in [2.45, 2.75) is 26.4 Å². The van der Waals surface area contributed by atoms with Gasteiger partial charge in [-0.3, -0.25) is 18.8 Å². The third kappa shape index (κ3) is 4.08. The Kier molecular flexibility index (Phi) is 5.20. The molecule has 146 valence electrons. The summed E-state index contributed by atoms with van der Waals surface area (Å²) in [6, 6.07) is 15.0. The van der Waals surface area contributed by atoms with Gasteiger partial charge in [-0.25, -0.2) is 4.98 Å². The van der Waals surface area contributed by atoms with Crippen LogP contribution >= 0.6 is 0 Å². The molecule has 0 aliphatic rings. The zero-order valence-corrected chi connectivity index (χ0v) is 16.1. The third-order valence-corrected chi connectivity index (χ3v) is 4.82. The number of nitrogens with zero attached hydrogens (tertiary/aromatic N) is 4. The van der Waals surface area contributed by atoms with Gasteiger partial charge < -0.3 is 5.32 Å². The molecule has 0 saturated heterocycles. The molecule has 4 rings (SSSR count). The molecular weight excluding hydrogens is 366 g/mol. The van der Waals surface area contributed by atoms with Crippen molar-refractivity contribution < 1.29 is 4.79 Å². The molecule has 0 bridgehead atoms. The largest absolute Gasteiger partial charge is 0.326 e. The lowest BCUT2D eigenvalue weighted by atomic mass is 10.1. The quantitative estimate of drug-likeness (QED) is 0.551. The van der Waals surface area contributed by atoms with E-state index in [9.17, 15) is 9.59 Å². The number of carbonyl (C=O) groups is 1. The number of fused-ring (bicyclic) bond motifs is 1. The Balaban J connectivity index is 1.46. The second-order valence-electron chi connectivity index (χ2n) is 6.87. The topological polar surface area (TPSA) is 81.8 Å². The van der Waals surface area contributed by atoms with E-state index in [1.165, 1.54) is 10.9 Å². The molecule has 1 amide bonds. The van der Waals surface area contributed by atoms with Crippen molar-refractivity contribution in [3.8, 4) is 0 Å². The summed E-state index contributed by atoms with van der Waals surface area (Å²) in [6.07, 6.45) is 5.28. The normalized spacial score (nSPS) is 10.9. The van der Waals surface area contributed by atoms with Gasteiger partial charge in [0.15, 0.2) is 0 Å². The van der Waals surface area contributed by atoms with E-state index in [1.807, 2.05) is 55.6 Å². The first kappa shape index (κ1) is 18.6. The van der Waals surface area contributed by atoms with Gasteiger partial charge >= 0.3 is 0 Å². The van der Waals surface area contributed by atoms with Crippen molar-refractivity contribution in [3.05, 3.63) is 88.7 Å². The number of amides is 1. The van der Waals surface area contributed by atoms with Crippen molar-refractivity contribution >= 4 is 22.5 Å². The number of benzene rings is 2. The summed E-state index contributed by atoms with van der Waals surface area (Å²) in [5.74, 6) is -0.158. The number of anilines is 1. The van der Waals surface area contributed by atoms with Crippen LogP contribution in [-0.2, 0) is 17.9 Å². The van der Waals surface area contributed by atoms with Gasteiger partial charge in [0.05, 0.1) is 23.8 Å². The van der Waals surface area contributed by atoms with Crippen LogP contribution in [0.2, 0.25) is 0 Å². The van der Waals surface area contributed by atoms with Crippen LogP contribution in [0.3, 0.4) is 0 Å². The zero-order chi connectivity index (χ0) is 20.2. The summed E-state index contributed by atoms with van der Waals surface area (Å²) < 4.78 is 3.28. The van der Waals surface area contributed by atoms with Gasteiger partial charge in [-0.2, -0.15) is 5.10 Å². The van der Waals surface area contributed by atoms with Crippen molar-refractivity contribution in [1.82, 2.24) is 19.3 Å². The molecular formula is C22H21N5O2. The van der Waals surface area contributed by atoms with E-state index in [4.69, 9.17) is 0 Å². The Hall–Kier alpha value is -3.74. The number of hydrogen-bond acceptors (Lipinski definition) is 4. The van der Waals surface area contributed by atoms with Crippen LogP contribution in [-0.4, -0.2) is 25.2 Å². The highest BCUT2D eigenvalue weighted by atomic mass is 16.2. The maximum atomic E-state index is 12.7. The van der Waals surface area contributed by atoms with Gasteiger partial charge in [-0.1, -0.05) is 30.3 Å². The first-order valence-corrected chi connectivity index (χ1v) is 9.42. The Morgan fingerprint density at radius 3 is 2.79 bits per heavy atom. The molecule has 1 N–H and O–H groups in total. The number of hydrogen-bond donors (Lipinski definition) is 1. The molecule has 0 aliphatic heterocycles. The maximum Gasteiger partial charge on any atom is 0.261 e. The maximum absolute atomic E-state index is 12.7. The van der Waals surface area contributed by atoms with Gasteiger partial charge in [0, 0.05) is 31.0 Å². The number of nitrogens with one attached hydrogen (secondary N) is 1. The molecule has 2 aromatic carbocycles. The van der Waals surface area contributed by atoms with Crippen molar-refractivity contribution in [3.63, 3.8) is 0 Å². The van der Waals surface area contributed by atoms with E-state index in [-0.39, 0.29) is 24.4 Å². The smallest absolute Gasteiger partial charge is 0.261 e. The molecule has 0 radical (unpaired) electrons. The van der Waals surface area contributed by atoms with E-state index in [0.717, 1.165) is 16.8 Å². The van der Waals surface area contributed by atoms with E-state index in [0.29, 0.717) is 17.4 Å². The summed E-state index contributed by atoms with van der Waals surface area (Å²) in [4.78, 5) is 29.5. The highest BCUT2D eigenvalue weighted by molar-refractivity contribution is 5.91. The molecule has 2 aromatic heterocycles. The lowest BCUT2D eigenvalue weighted by molar-refractivity contribution is -0.116. The Morgan fingerprint density at radius 2 is 1.97 bits per heavy atom. The van der Waals surface area contributed by atoms with Gasteiger partial charge in [0.1, 0.15) is 0 Å². The second kappa shape index (κ2) is 8.10. The summed E-state index contributed by atoms with van der Waals surface area (Å²) in [6.45, 7) is 2.76. The van der Waals surface area contributed by atoms with Crippen molar-refractivity contribution in [2.24, 2.45) is 0 Å². The van der Waals surface area contributed by atoms with E-state index < -0.39 is 0 Å². The zero-order valence-electron chi connectivity index (χ0n) is 16.1. The monoisotopic (exact) mass is 387 g/mol. The lowest BCUT2D eigenvalue weighted by Gasteiger charge is -2.12. The van der Waals surface area contributed by atoms with Crippen LogP contribution in [0.15, 0.2) is 72.0 Å². The summed E-state index contributed by atoms with van der Waals surface area (Å²) >= 11 is 0. The minimum absolute atomic E-state index is 0.134. The predicted molar refractivity (Wildman–Crippen MR) is 112 cm³/mol. The first-order chi connectivity index (χ1) is 14.1. The fraction of sp³-hybridized carbons (Fsp3) is 0.182. The standard InChI is InChI=1S/C22H21N5O2/c1-16-6-4-8-18-21(16)23-15-26(22(18)29)13-10-20(28)25-19-9-3-2-7-17(19)14-27-12-5-11-24-27/h2-9,11-12,15H,10,13-14H2,1H3,(H,25,28). The SMILES string of the molecule is Cc1cccc2c(=O)n(CCC(=O)Nc3ccccc3Cn3cccn3)cnc12. The van der Waals surface area contributed by atoms with Gasteiger partial charge in [-0.15, -0.1) is 0 Å². The minimum Gasteiger partial charge on any atom is -0.326 e. The van der Waals surface area contributed by atoms with Crippen LogP contribution < -0.4 is 10.9 Å². The minimum atomic E-state index is -0.158. The number of rotatable bonds is 6. The Morgan fingerprint density at radius 1 is 1.10 bits per heavy atom. The summed E-state index contributed by atoms with van der Waals surface area (Å²) in [5, 5.41) is 7.72. The van der Waals surface area contributed by atoms with Gasteiger partial charge in [-0.05, 0) is 36.2 Å². The fourth-order valence-corrected chi connectivity index (χ4v) is 3.28. The molecule has 2 heterocycles. The molecule has 0 aliphatic carbocycles. The average Bonchev–Trinajstić information content (AvgIpc) is 3.23. The van der Waals surface area contributed by atoms with Crippen LogP contribution in [0.5, 0.6) is 0 Å². The Bertz CT molecular complexity index is 1210. The average molecular weight is 387 g/mol. The van der Waals surface area contributed by atoms with Crippen LogP contribution in [0.25, 0.3) is 10.9 Å². The summed E-state index contributed by atoms with van der Waals surface area (Å²) in [7, 11) is 0. The summed E-state index contributed by atoms with van der Waals surface area (Å²) in [5.41, 5.74) is 3.23. The molecule has 0 unspecified atom stereocenters. The molecule has 0 saturated carbocycles. The number of carbonyl (C=O) groups excluding carboxylic acids is 1. The number of aromatic nitrogens is 4. The van der Waals surface area contributed by atoms with Crippen LogP contribution in [0, 0.1) is 6.92 Å². The van der Waals surface area contributed by atoms with E-state index in [2.05, 4.69) is 15.4 Å². The van der Waals surface area contributed by atoms with Gasteiger partial charge in [0.2, 0.25) is 5.91 Å². The molecule has 4 aromatic rings. The molecule has 29 heavy (non-hydrogen) atoms. The first-order valence-electron chi connectivity index (χ1n) is 9.42. The molecule has 7 nitrogen and oxygen atoms in total. The van der Waals surface area contributed by atoms with E-state index in [1.54, 1.807) is 16.9 Å². The van der Waals surface area contributed by atoms with Gasteiger partial charge in [0.25, 0.3) is 5.56 Å². The highest BCUT2D eigenvalue weighted by Gasteiger charge is 2.10. The number of aryl methyl sites for hydroxylation is 2. The fourth-order valence-electron chi connectivity index (χ4n) is 3.28. The van der Waals surface area contributed by atoms with Crippen molar-refractivity contribution in [2.75, 3.05) is 5.32 Å². The van der Waals surface area contributed by atoms with E-state index >= 15 is 0 Å². The molecule has 7 heteroatoms. The third-order valence-electron chi connectivity index (χ3n) is 4.82. The molecule has 0 fully saturated rings. The number of para-hydroxylation sites is 2. The van der Waals surface area contributed by atoms with Crippen LogP contribution in [0.4, 0.5) is 5.69 Å². The van der Waals surface area contributed by atoms with Crippen LogP contribution in [0.1, 0.15) is 17.5 Å². The van der Waals surface area contributed by atoms with Crippen molar-refractivity contribution in [1.29, 1.82) is 0 Å². The Labute approximate surface area is 167 Å². The lowest BCUT2D eigenvalue weighted by Crippen LogP contribution is -2.24. The second-order valence-corrected chi connectivity index (χ2v) is 6.87. The predicted octanol–water partition coefficient (Wildman–Crippen LogP) is 2.98. The highest BCUT2D eigenvalue weighted by Crippen LogP contribution is 2.17.